The number of carbonyl (C=O) groups is 4. The molecule has 2 heterocycles. The summed E-state index contributed by atoms with van der Waals surface area (Å²) in [6.07, 6.45) is 5.49. The molecular weight excluding hydrogens is 411 g/mol. The van der Waals surface area contributed by atoms with Gasteiger partial charge in [-0.15, -0.1) is 0 Å². The Hall–Kier alpha value is -2.57. The molecule has 7 heteroatoms. The minimum atomic E-state index is -1.53. The minimum Gasteiger partial charge on any atom is -0.342 e. The minimum absolute atomic E-state index is 0.0434. The molecule has 0 spiro atoms. The quantitative estimate of drug-likeness (QED) is 0.656. The average molecular weight is 443 g/mol. The summed E-state index contributed by atoms with van der Waals surface area (Å²) >= 11 is 0. The molecule has 4 rings (SSSR count). The Morgan fingerprint density at radius 3 is 2.47 bits per heavy atom. The molecule has 3 amide bonds. The second-order valence-corrected chi connectivity index (χ2v) is 9.57. The zero-order valence-electron chi connectivity index (χ0n) is 18.6. The van der Waals surface area contributed by atoms with Crippen molar-refractivity contribution in [2.45, 2.75) is 76.2 Å². The van der Waals surface area contributed by atoms with Gasteiger partial charge in [0, 0.05) is 43.5 Å². The number of hydrogen-bond acceptors (Lipinski definition) is 4. The van der Waals surface area contributed by atoms with Gasteiger partial charge in [-0.3, -0.25) is 24.1 Å². The lowest BCUT2D eigenvalue weighted by atomic mass is 9.75. The Morgan fingerprint density at radius 2 is 1.78 bits per heavy atom. The summed E-state index contributed by atoms with van der Waals surface area (Å²) in [5.41, 5.74) is -1.41. The number of amides is 3. The zero-order valence-corrected chi connectivity index (χ0v) is 18.6. The van der Waals surface area contributed by atoms with E-state index >= 15 is 0 Å². The van der Waals surface area contributed by atoms with Crippen LogP contribution in [-0.2, 0) is 24.6 Å². The fraction of sp³-hybridized carbons (Fsp3) is 0.600. The average Bonchev–Trinajstić information content (AvgIpc) is 3.04. The third-order valence-electron chi connectivity index (χ3n) is 7.48. The molecule has 3 fully saturated rings. The molecule has 6 nitrogen and oxygen atoms in total. The SMILES string of the molecule is CC(=O)[C@@H]1CCCN(C(=O)C[C@@]2(c3ccccc3F)CC(=O)N(C3CCCCC3)C2=O)C1. The van der Waals surface area contributed by atoms with Crippen molar-refractivity contribution in [2.75, 3.05) is 13.1 Å². The van der Waals surface area contributed by atoms with E-state index in [-0.39, 0.29) is 48.0 Å². The van der Waals surface area contributed by atoms with Crippen LogP contribution >= 0.6 is 0 Å². The normalized spacial score (nSPS) is 27.1. The van der Waals surface area contributed by atoms with Crippen LogP contribution in [-0.4, -0.2) is 52.4 Å². The van der Waals surface area contributed by atoms with Gasteiger partial charge in [0.05, 0.1) is 5.41 Å². The van der Waals surface area contributed by atoms with Gasteiger partial charge in [0.15, 0.2) is 0 Å². The van der Waals surface area contributed by atoms with Gasteiger partial charge in [-0.25, -0.2) is 4.39 Å². The Balaban J connectivity index is 1.66. The van der Waals surface area contributed by atoms with Crippen molar-refractivity contribution in [3.63, 3.8) is 0 Å². The Kier molecular flexibility index (Phi) is 6.45. The maximum Gasteiger partial charge on any atom is 0.241 e. The molecule has 0 N–H and O–H groups in total. The lowest BCUT2D eigenvalue weighted by Gasteiger charge is -2.36. The Labute approximate surface area is 188 Å². The first-order valence-electron chi connectivity index (χ1n) is 11.7. The van der Waals surface area contributed by atoms with Gasteiger partial charge in [0.1, 0.15) is 11.6 Å². The lowest BCUT2D eigenvalue weighted by molar-refractivity contribution is -0.146. The number of benzene rings is 1. The maximum absolute atomic E-state index is 15.0. The van der Waals surface area contributed by atoms with Crippen molar-refractivity contribution >= 4 is 23.5 Å². The van der Waals surface area contributed by atoms with Crippen LogP contribution in [0.25, 0.3) is 0 Å². The van der Waals surface area contributed by atoms with Gasteiger partial charge in [0.2, 0.25) is 17.7 Å². The number of carbonyl (C=O) groups excluding carboxylic acids is 4. The summed E-state index contributed by atoms with van der Waals surface area (Å²) < 4.78 is 15.0. The van der Waals surface area contributed by atoms with Crippen molar-refractivity contribution in [3.8, 4) is 0 Å². The van der Waals surface area contributed by atoms with E-state index in [0.717, 1.165) is 38.5 Å². The number of Topliss-reactive ketones (excluding diaryl/α,β-unsaturated/α-hetero) is 1. The summed E-state index contributed by atoms with van der Waals surface area (Å²) in [6, 6.07) is 5.79. The summed E-state index contributed by atoms with van der Waals surface area (Å²) in [5.74, 6) is -1.82. The number of nitrogens with zero attached hydrogens (tertiary/aromatic N) is 2. The molecule has 0 unspecified atom stereocenters. The monoisotopic (exact) mass is 442 g/mol. The fourth-order valence-corrected chi connectivity index (χ4v) is 5.67. The van der Waals surface area contributed by atoms with E-state index in [2.05, 4.69) is 0 Å². The summed E-state index contributed by atoms with van der Waals surface area (Å²) in [4.78, 5) is 55.0. The molecular formula is C25H31FN2O4. The highest BCUT2D eigenvalue weighted by Crippen LogP contribution is 2.44. The first-order chi connectivity index (χ1) is 15.3. The topological polar surface area (TPSA) is 74.8 Å². The van der Waals surface area contributed by atoms with E-state index in [4.69, 9.17) is 0 Å². The van der Waals surface area contributed by atoms with Crippen LogP contribution in [0.5, 0.6) is 0 Å². The van der Waals surface area contributed by atoms with Gasteiger partial charge in [-0.05, 0) is 38.7 Å². The summed E-state index contributed by atoms with van der Waals surface area (Å²) in [6.45, 7) is 2.35. The second-order valence-electron chi connectivity index (χ2n) is 9.57. The molecule has 172 valence electrons. The van der Waals surface area contributed by atoms with Gasteiger partial charge >= 0.3 is 0 Å². The first kappa shape index (κ1) is 22.6. The van der Waals surface area contributed by atoms with Crippen LogP contribution in [0.1, 0.15) is 70.3 Å². The molecule has 1 aromatic rings. The van der Waals surface area contributed by atoms with E-state index in [1.54, 1.807) is 11.0 Å². The third kappa shape index (κ3) is 4.09. The van der Waals surface area contributed by atoms with Gasteiger partial charge in [-0.1, -0.05) is 37.5 Å². The molecule has 3 aliphatic rings. The van der Waals surface area contributed by atoms with E-state index < -0.39 is 17.1 Å². The van der Waals surface area contributed by atoms with E-state index in [1.165, 1.54) is 30.0 Å². The third-order valence-corrected chi connectivity index (χ3v) is 7.48. The number of rotatable bonds is 5. The smallest absolute Gasteiger partial charge is 0.241 e. The predicted molar refractivity (Wildman–Crippen MR) is 116 cm³/mol. The van der Waals surface area contributed by atoms with Crippen LogP contribution in [0.4, 0.5) is 4.39 Å². The lowest BCUT2D eigenvalue weighted by Crippen LogP contribution is -2.49. The molecule has 1 saturated carbocycles. The van der Waals surface area contributed by atoms with Crippen molar-refractivity contribution in [1.29, 1.82) is 0 Å². The largest absolute Gasteiger partial charge is 0.342 e. The maximum atomic E-state index is 15.0. The summed E-state index contributed by atoms with van der Waals surface area (Å²) in [7, 11) is 0. The van der Waals surface area contributed by atoms with Crippen molar-refractivity contribution in [3.05, 3.63) is 35.6 Å². The molecule has 2 aliphatic heterocycles. The molecule has 32 heavy (non-hydrogen) atoms. The highest BCUT2D eigenvalue weighted by atomic mass is 19.1. The highest BCUT2D eigenvalue weighted by molar-refractivity contribution is 6.11. The predicted octanol–water partition coefficient (Wildman–Crippen LogP) is 3.37. The van der Waals surface area contributed by atoms with Crippen LogP contribution in [0.3, 0.4) is 0 Å². The van der Waals surface area contributed by atoms with Crippen LogP contribution in [0.2, 0.25) is 0 Å². The van der Waals surface area contributed by atoms with E-state index in [0.29, 0.717) is 19.5 Å². The number of likely N-dealkylation sites (tertiary alicyclic amines) is 2. The van der Waals surface area contributed by atoms with E-state index in [9.17, 15) is 23.6 Å². The Bertz CT molecular complexity index is 926. The van der Waals surface area contributed by atoms with Gasteiger partial charge < -0.3 is 4.90 Å². The van der Waals surface area contributed by atoms with E-state index in [1.807, 2.05) is 0 Å². The standard InChI is InChI=1S/C25H31FN2O4/c1-17(29)18-8-7-13-27(16-18)22(30)14-25(20-11-5-6-12-21(20)26)15-23(31)28(24(25)32)19-9-3-2-4-10-19/h5-6,11-12,18-19H,2-4,7-10,13-16H2,1H3/t18-,25+/m1/s1. The number of piperidine rings is 1. The molecule has 0 aromatic heterocycles. The number of halogens is 1. The van der Waals surface area contributed by atoms with Gasteiger partial charge in [0.25, 0.3) is 0 Å². The number of hydrogen-bond donors (Lipinski definition) is 0. The first-order valence-corrected chi connectivity index (χ1v) is 11.7. The molecule has 1 aliphatic carbocycles. The van der Waals surface area contributed by atoms with Crippen LogP contribution in [0, 0.1) is 11.7 Å². The van der Waals surface area contributed by atoms with Crippen molar-refractivity contribution in [2.24, 2.45) is 5.92 Å². The molecule has 0 radical (unpaired) electrons. The van der Waals surface area contributed by atoms with Crippen molar-refractivity contribution < 1.29 is 23.6 Å². The van der Waals surface area contributed by atoms with Gasteiger partial charge in [-0.2, -0.15) is 0 Å². The van der Waals surface area contributed by atoms with Crippen LogP contribution in [0.15, 0.2) is 24.3 Å². The molecule has 2 saturated heterocycles. The summed E-state index contributed by atoms with van der Waals surface area (Å²) in [5, 5.41) is 0. The van der Waals surface area contributed by atoms with Crippen LogP contribution < -0.4 is 0 Å². The Morgan fingerprint density at radius 1 is 1.06 bits per heavy atom. The number of ketones is 1. The molecule has 2 atom stereocenters. The van der Waals surface area contributed by atoms with Crippen molar-refractivity contribution in [1.82, 2.24) is 9.80 Å². The molecule has 0 bridgehead atoms. The highest BCUT2D eigenvalue weighted by Gasteiger charge is 2.56. The molecule has 1 aromatic carbocycles. The second kappa shape index (κ2) is 9.12. The number of imide groups is 1. The fourth-order valence-electron chi connectivity index (χ4n) is 5.67. The zero-order chi connectivity index (χ0) is 22.9.